The van der Waals surface area contributed by atoms with E-state index in [0.717, 1.165) is 24.4 Å². The van der Waals surface area contributed by atoms with E-state index >= 15 is 0 Å². The Balaban J connectivity index is 2.53. The Kier molecular flexibility index (Phi) is 2.14. The average Bonchev–Trinajstić information content (AvgIpc) is 2.18. The number of nitrogens with one attached hydrogen (secondary N) is 1. The Labute approximate surface area is 76.0 Å². The van der Waals surface area contributed by atoms with Crippen LogP contribution >= 0.6 is 0 Å². The molecule has 70 valence electrons. The largest absolute Gasteiger partial charge is 0.376 e. The number of aromatic nitrogens is 2. The monoisotopic (exact) mass is 180 g/mol. The van der Waals surface area contributed by atoms with Crippen molar-refractivity contribution < 1.29 is 4.74 Å². The van der Waals surface area contributed by atoms with Crippen LogP contribution in [-0.4, -0.2) is 16.6 Å². The van der Waals surface area contributed by atoms with E-state index in [1.165, 1.54) is 0 Å². The van der Waals surface area contributed by atoms with Crippen molar-refractivity contribution in [3.05, 3.63) is 27.4 Å². The molecular weight excluding hydrogens is 168 g/mol. The topological polar surface area (TPSA) is 55.0 Å². The standard InChI is InChI=1S/C9H12N2O2/c1-2-8-10-7-3-4-13-5-6(7)9(12)11-8/h2-5H2,1H3,(H,10,11,12). The molecule has 1 aromatic rings. The molecule has 0 aliphatic carbocycles. The van der Waals surface area contributed by atoms with Gasteiger partial charge in [0.15, 0.2) is 0 Å². The number of hydrogen-bond acceptors (Lipinski definition) is 3. The molecule has 0 spiro atoms. The smallest absolute Gasteiger partial charge is 0.256 e. The molecular formula is C9H12N2O2. The van der Waals surface area contributed by atoms with Gasteiger partial charge in [0.1, 0.15) is 5.82 Å². The number of ether oxygens (including phenoxy) is 1. The molecule has 0 amide bonds. The van der Waals surface area contributed by atoms with Crippen molar-refractivity contribution in [2.45, 2.75) is 26.4 Å². The summed E-state index contributed by atoms with van der Waals surface area (Å²) < 4.78 is 5.19. The molecule has 4 heteroatoms. The lowest BCUT2D eigenvalue weighted by molar-refractivity contribution is 0.108. The fourth-order valence-electron chi connectivity index (χ4n) is 1.46. The highest BCUT2D eigenvalue weighted by molar-refractivity contribution is 5.19. The number of aromatic amines is 1. The quantitative estimate of drug-likeness (QED) is 0.680. The van der Waals surface area contributed by atoms with Gasteiger partial charge in [0.25, 0.3) is 5.56 Å². The Bertz CT molecular complexity index is 370. The average molecular weight is 180 g/mol. The molecule has 2 rings (SSSR count). The lowest BCUT2D eigenvalue weighted by atomic mass is 10.1. The van der Waals surface area contributed by atoms with Crippen molar-refractivity contribution in [1.29, 1.82) is 0 Å². The summed E-state index contributed by atoms with van der Waals surface area (Å²) in [5, 5.41) is 0. The molecule has 0 radical (unpaired) electrons. The lowest BCUT2D eigenvalue weighted by Gasteiger charge is -2.14. The number of aryl methyl sites for hydroxylation is 1. The highest BCUT2D eigenvalue weighted by Gasteiger charge is 2.14. The number of nitrogens with zero attached hydrogens (tertiary/aromatic N) is 1. The van der Waals surface area contributed by atoms with Gasteiger partial charge in [-0.25, -0.2) is 4.98 Å². The van der Waals surface area contributed by atoms with Crippen LogP contribution in [0.5, 0.6) is 0 Å². The first-order valence-corrected chi connectivity index (χ1v) is 4.50. The van der Waals surface area contributed by atoms with Gasteiger partial charge in [-0.15, -0.1) is 0 Å². The van der Waals surface area contributed by atoms with Crippen LogP contribution in [0.25, 0.3) is 0 Å². The van der Waals surface area contributed by atoms with Crippen molar-refractivity contribution >= 4 is 0 Å². The first kappa shape index (κ1) is 8.44. The van der Waals surface area contributed by atoms with Crippen LogP contribution in [0.3, 0.4) is 0 Å². The van der Waals surface area contributed by atoms with Gasteiger partial charge in [0.05, 0.1) is 24.5 Å². The van der Waals surface area contributed by atoms with Gasteiger partial charge in [-0.1, -0.05) is 6.92 Å². The van der Waals surface area contributed by atoms with Crippen LogP contribution in [0.4, 0.5) is 0 Å². The van der Waals surface area contributed by atoms with Crippen LogP contribution in [0, 0.1) is 0 Å². The molecule has 0 bridgehead atoms. The Morgan fingerprint density at radius 2 is 2.46 bits per heavy atom. The minimum absolute atomic E-state index is 0.0402. The van der Waals surface area contributed by atoms with Gasteiger partial charge >= 0.3 is 0 Å². The highest BCUT2D eigenvalue weighted by atomic mass is 16.5. The molecule has 13 heavy (non-hydrogen) atoms. The molecule has 1 aromatic heterocycles. The molecule has 2 heterocycles. The Morgan fingerprint density at radius 3 is 3.23 bits per heavy atom. The minimum atomic E-state index is -0.0402. The van der Waals surface area contributed by atoms with Gasteiger partial charge in [-0.05, 0) is 0 Å². The van der Waals surface area contributed by atoms with Gasteiger partial charge in [-0.3, -0.25) is 4.79 Å². The summed E-state index contributed by atoms with van der Waals surface area (Å²) in [6.07, 6.45) is 1.52. The highest BCUT2D eigenvalue weighted by Crippen LogP contribution is 2.09. The van der Waals surface area contributed by atoms with E-state index in [-0.39, 0.29) is 5.56 Å². The number of H-pyrrole nitrogens is 1. The second kappa shape index (κ2) is 3.30. The van der Waals surface area contributed by atoms with Crippen molar-refractivity contribution in [3.63, 3.8) is 0 Å². The number of hydrogen-bond donors (Lipinski definition) is 1. The van der Waals surface area contributed by atoms with Crippen molar-refractivity contribution in [1.82, 2.24) is 9.97 Å². The van der Waals surface area contributed by atoms with E-state index in [2.05, 4.69) is 9.97 Å². The van der Waals surface area contributed by atoms with E-state index in [1.807, 2.05) is 6.92 Å². The zero-order chi connectivity index (χ0) is 9.26. The minimum Gasteiger partial charge on any atom is -0.376 e. The van der Waals surface area contributed by atoms with Crippen LogP contribution in [0.1, 0.15) is 24.0 Å². The predicted molar refractivity (Wildman–Crippen MR) is 47.6 cm³/mol. The maximum absolute atomic E-state index is 11.5. The van der Waals surface area contributed by atoms with Crippen LogP contribution < -0.4 is 5.56 Å². The van der Waals surface area contributed by atoms with Crippen molar-refractivity contribution in [2.75, 3.05) is 6.61 Å². The third kappa shape index (κ3) is 1.49. The van der Waals surface area contributed by atoms with Gasteiger partial charge in [-0.2, -0.15) is 0 Å². The van der Waals surface area contributed by atoms with E-state index in [1.54, 1.807) is 0 Å². The summed E-state index contributed by atoms with van der Waals surface area (Å²) in [6.45, 7) is 3.05. The molecule has 0 aromatic carbocycles. The molecule has 0 saturated heterocycles. The third-order valence-corrected chi connectivity index (χ3v) is 2.21. The van der Waals surface area contributed by atoms with E-state index in [0.29, 0.717) is 18.8 Å². The van der Waals surface area contributed by atoms with E-state index in [4.69, 9.17) is 4.74 Å². The van der Waals surface area contributed by atoms with Crippen LogP contribution in [-0.2, 0) is 24.2 Å². The van der Waals surface area contributed by atoms with Gasteiger partial charge in [0.2, 0.25) is 0 Å². The summed E-state index contributed by atoms with van der Waals surface area (Å²) in [4.78, 5) is 18.6. The summed E-state index contributed by atoms with van der Waals surface area (Å²) >= 11 is 0. The third-order valence-electron chi connectivity index (χ3n) is 2.21. The summed E-state index contributed by atoms with van der Waals surface area (Å²) in [7, 11) is 0. The van der Waals surface area contributed by atoms with E-state index in [9.17, 15) is 4.79 Å². The second-order valence-electron chi connectivity index (χ2n) is 3.09. The molecule has 0 saturated carbocycles. The molecule has 0 atom stereocenters. The normalized spacial score (nSPS) is 15.5. The second-order valence-corrected chi connectivity index (χ2v) is 3.09. The number of fused-ring (bicyclic) bond motifs is 1. The van der Waals surface area contributed by atoms with Gasteiger partial charge in [0, 0.05) is 12.8 Å². The first-order chi connectivity index (χ1) is 6.31. The molecule has 1 aliphatic rings. The molecule has 4 nitrogen and oxygen atoms in total. The zero-order valence-electron chi connectivity index (χ0n) is 7.59. The predicted octanol–water partition coefficient (Wildman–Crippen LogP) is 0.405. The fraction of sp³-hybridized carbons (Fsp3) is 0.556. The fourth-order valence-corrected chi connectivity index (χ4v) is 1.46. The van der Waals surface area contributed by atoms with Crippen molar-refractivity contribution in [2.24, 2.45) is 0 Å². The summed E-state index contributed by atoms with van der Waals surface area (Å²) in [5.41, 5.74) is 1.57. The molecule has 0 fully saturated rings. The van der Waals surface area contributed by atoms with Crippen LogP contribution in [0.2, 0.25) is 0 Å². The summed E-state index contributed by atoms with van der Waals surface area (Å²) in [6, 6.07) is 0. The molecule has 1 aliphatic heterocycles. The lowest BCUT2D eigenvalue weighted by Crippen LogP contribution is -2.25. The SMILES string of the molecule is CCc1nc2c(c(=O)[nH]1)COCC2. The Morgan fingerprint density at radius 1 is 1.62 bits per heavy atom. The molecule has 1 N–H and O–H groups in total. The number of rotatable bonds is 1. The zero-order valence-corrected chi connectivity index (χ0v) is 7.59. The molecule has 0 unspecified atom stereocenters. The van der Waals surface area contributed by atoms with Crippen molar-refractivity contribution in [3.8, 4) is 0 Å². The first-order valence-electron chi connectivity index (χ1n) is 4.50. The van der Waals surface area contributed by atoms with E-state index < -0.39 is 0 Å². The maximum atomic E-state index is 11.5. The maximum Gasteiger partial charge on any atom is 0.256 e. The van der Waals surface area contributed by atoms with Gasteiger partial charge < -0.3 is 9.72 Å². The van der Waals surface area contributed by atoms with Crippen LogP contribution in [0.15, 0.2) is 4.79 Å². The Hall–Kier alpha value is -1.16. The summed E-state index contributed by atoms with van der Waals surface area (Å²) in [5.74, 6) is 0.769.